The van der Waals surface area contributed by atoms with Gasteiger partial charge in [-0.25, -0.2) is 24.7 Å². The van der Waals surface area contributed by atoms with Crippen molar-refractivity contribution in [1.82, 2.24) is 19.9 Å². The summed E-state index contributed by atoms with van der Waals surface area (Å²) in [6.07, 6.45) is 4.86. The predicted octanol–water partition coefficient (Wildman–Crippen LogP) is 1.88. The summed E-state index contributed by atoms with van der Waals surface area (Å²) in [6, 6.07) is 5.37. The molecule has 102 valence electrons. The number of aromatic carboxylic acids is 1. The lowest BCUT2D eigenvalue weighted by atomic mass is 9.92. The predicted molar refractivity (Wildman–Crippen MR) is 74.9 cm³/mol. The summed E-state index contributed by atoms with van der Waals surface area (Å²) in [5, 5.41) is 9.99. The van der Waals surface area contributed by atoms with Crippen LogP contribution in [0.25, 0.3) is 22.4 Å². The molecule has 1 aliphatic rings. The Morgan fingerprint density at radius 3 is 2.76 bits per heavy atom. The third kappa shape index (κ3) is 1.84. The van der Waals surface area contributed by atoms with Crippen LogP contribution >= 0.6 is 0 Å². The second kappa shape index (κ2) is 4.31. The minimum atomic E-state index is -1.03. The van der Waals surface area contributed by atoms with E-state index in [1.165, 1.54) is 12.4 Å². The number of carbonyl (C=O) groups is 1. The number of aromatic nitrogens is 4. The lowest BCUT2D eigenvalue weighted by Gasteiger charge is -2.18. The van der Waals surface area contributed by atoms with Gasteiger partial charge in [0.1, 0.15) is 12.0 Å². The van der Waals surface area contributed by atoms with Gasteiger partial charge in [-0.15, -0.1) is 0 Å². The van der Waals surface area contributed by atoms with Gasteiger partial charge in [-0.1, -0.05) is 6.07 Å². The first-order valence-electron chi connectivity index (χ1n) is 6.55. The number of carboxylic acids is 1. The molecular formula is C15H10N4O2. The van der Waals surface area contributed by atoms with E-state index in [9.17, 15) is 4.79 Å². The van der Waals surface area contributed by atoms with Crippen molar-refractivity contribution in [2.45, 2.75) is 12.8 Å². The monoisotopic (exact) mass is 278 g/mol. The Bertz CT molecular complexity index is 892. The molecular weight excluding hydrogens is 268 g/mol. The molecule has 1 aliphatic carbocycles. The van der Waals surface area contributed by atoms with E-state index in [2.05, 4.69) is 19.9 Å². The quantitative estimate of drug-likeness (QED) is 0.731. The molecule has 6 heteroatoms. The van der Waals surface area contributed by atoms with Crippen LogP contribution in [0.5, 0.6) is 0 Å². The minimum Gasteiger partial charge on any atom is -0.477 e. The first kappa shape index (κ1) is 11.9. The van der Waals surface area contributed by atoms with Gasteiger partial charge in [0.05, 0.1) is 11.4 Å². The van der Waals surface area contributed by atoms with E-state index >= 15 is 0 Å². The molecule has 0 amide bonds. The second-order valence-electron chi connectivity index (χ2n) is 4.94. The number of fused-ring (bicyclic) bond motifs is 4. The highest BCUT2D eigenvalue weighted by Crippen LogP contribution is 2.32. The zero-order valence-electron chi connectivity index (χ0n) is 10.9. The van der Waals surface area contributed by atoms with Gasteiger partial charge in [0.15, 0.2) is 5.65 Å². The number of rotatable bonds is 1. The molecule has 3 aromatic rings. The average molecular weight is 278 g/mol. The van der Waals surface area contributed by atoms with E-state index in [0.717, 1.165) is 35.0 Å². The zero-order chi connectivity index (χ0) is 14.4. The molecule has 3 heterocycles. The molecule has 0 aliphatic heterocycles. The van der Waals surface area contributed by atoms with E-state index < -0.39 is 5.97 Å². The van der Waals surface area contributed by atoms with E-state index in [1.807, 2.05) is 12.1 Å². The van der Waals surface area contributed by atoms with Gasteiger partial charge in [-0.3, -0.25) is 0 Å². The van der Waals surface area contributed by atoms with Crippen molar-refractivity contribution < 1.29 is 9.90 Å². The second-order valence-corrected chi connectivity index (χ2v) is 4.94. The maximum Gasteiger partial charge on any atom is 0.354 e. The molecule has 0 saturated heterocycles. The number of pyridine rings is 2. The summed E-state index contributed by atoms with van der Waals surface area (Å²) >= 11 is 0. The smallest absolute Gasteiger partial charge is 0.354 e. The largest absolute Gasteiger partial charge is 0.477 e. The molecule has 0 radical (unpaired) electrons. The topological polar surface area (TPSA) is 88.9 Å². The van der Waals surface area contributed by atoms with Crippen molar-refractivity contribution in [2.24, 2.45) is 0 Å². The Morgan fingerprint density at radius 2 is 1.90 bits per heavy atom. The van der Waals surface area contributed by atoms with Crippen LogP contribution in [-0.4, -0.2) is 31.0 Å². The van der Waals surface area contributed by atoms with E-state index in [0.29, 0.717) is 11.3 Å². The summed E-state index contributed by atoms with van der Waals surface area (Å²) in [5.41, 5.74) is 4.08. The maximum atomic E-state index is 11.1. The highest BCUT2D eigenvalue weighted by Gasteiger charge is 2.21. The first-order chi connectivity index (χ1) is 10.2. The third-order valence-electron chi connectivity index (χ3n) is 3.66. The van der Waals surface area contributed by atoms with Crippen molar-refractivity contribution in [3.05, 3.63) is 47.5 Å². The highest BCUT2D eigenvalue weighted by atomic mass is 16.4. The molecule has 0 fully saturated rings. The fourth-order valence-corrected chi connectivity index (χ4v) is 2.64. The van der Waals surface area contributed by atoms with Crippen molar-refractivity contribution in [3.63, 3.8) is 0 Å². The Balaban J connectivity index is 2.00. The van der Waals surface area contributed by atoms with E-state index in [-0.39, 0.29) is 5.69 Å². The van der Waals surface area contributed by atoms with Crippen molar-refractivity contribution in [1.29, 1.82) is 0 Å². The fourth-order valence-electron chi connectivity index (χ4n) is 2.64. The van der Waals surface area contributed by atoms with Crippen LogP contribution in [0.1, 0.15) is 21.6 Å². The molecule has 21 heavy (non-hydrogen) atoms. The van der Waals surface area contributed by atoms with E-state index in [1.54, 1.807) is 6.20 Å². The highest BCUT2D eigenvalue weighted by molar-refractivity contribution is 5.87. The van der Waals surface area contributed by atoms with Crippen LogP contribution in [-0.2, 0) is 12.8 Å². The average Bonchev–Trinajstić information content (AvgIpc) is 2.52. The summed E-state index contributed by atoms with van der Waals surface area (Å²) in [4.78, 5) is 28.1. The van der Waals surface area contributed by atoms with E-state index in [4.69, 9.17) is 5.11 Å². The van der Waals surface area contributed by atoms with Crippen molar-refractivity contribution in [3.8, 4) is 11.4 Å². The van der Waals surface area contributed by atoms with Crippen LogP contribution < -0.4 is 0 Å². The molecule has 0 unspecified atom stereocenters. The Labute approximate surface area is 119 Å². The van der Waals surface area contributed by atoms with Crippen LogP contribution in [0.4, 0.5) is 0 Å². The number of nitrogens with zero attached hydrogens (tertiary/aromatic N) is 4. The molecule has 0 spiro atoms. The minimum absolute atomic E-state index is 0.0335. The van der Waals surface area contributed by atoms with Gasteiger partial charge in [-0.05, 0) is 36.1 Å². The molecule has 0 bridgehead atoms. The SMILES string of the molecule is O=C(O)c1ccc2c(n1)-c1nc3ncncc3cc1CC2. The molecule has 1 N–H and O–H groups in total. The Morgan fingerprint density at radius 1 is 1.10 bits per heavy atom. The molecule has 0 saturated carbocycles. The molecule has 0 atom stereocenters. The van der Waals surface area contributed by atoms with Crippen molar-refractivity contribution in [2.75, 3.05) is 0 Å². The molecule has 3 aromatic heterocycles. The van der Waals surface area contributed by atoms with Gasteiger partial charge in [-0.2, -0.15) is 0 Å². The number of aryl methyl sites for hydroxylation is 2. The van der Waals surface area contributed by atoms with Gasteiger partial charge in [0, 0.05) is 11.6 Å². The normalized spacial score (nSPS) is 12.8. The lowest BCUT2D eigenvalue weighted by Crippen LogP contribution is -2.11. The van der Waals surface area contributed by atoms with Gasteiger partial charge in [0.2, 0.25) is 0 Å². The van der Waals surface area contributed by atoms with Gasteiger partial charge >= 0.3 is 5.97 Å². The molecule has 0 aromatic carbocycles. The van der Waals surface area contributed by atoms with Crippen LogP contribution in [0.15, 0.2) is 30.7 Å². The summed E-state index contributed by atoms with van der Waals surface area (Å²) in [6.45, 7) is 0. The Hall–Kier alpha value is -2.89. The van der Waals surface area contributed by atoms with Crippen molar-refractivity contribution >= 4 is 17.0 Å². The number of hydrogen-bond acceptors (Lipinski definition) is 5. The number of hydrogen-bond donors (Lipinski definition) is 1. The molecule has 6 nitrogen and oxygen atoms in total. The summed E-state index contributed by atoms with van der Waals surface area (Å²) < 4.78 is 0. The summed E-state index contributed by atoms with van der Waals surface area (Å²) in [5.74, 6) is -1.03. The number of carboxylic acid groups (broad SMARTS) is 1. The lowest BCUT2D eigenvalue weighted by molar-refractivity contribution is 0.0690. The molecule has 4 rings (SSSR count). The van der Waals surface area contributed by atoms with Crippen LogP contribution in [0.3, 0.4) is 0 Å². The standard InChI is InChI=1S/C15H10N4O2/c20-15(21)11-4-3-8-1-2-9-5-10-6-16-7-17-14(10)19-13(9)12(8)18-11/h3-7H,1-2H2,(H,20,21). The Kier molecular flexibility index (Phi) is 2.44. The fraction of sp³-hybridized carbons (Fsp3) is 0.133. The van der Waals surface area contributed by atoms with Crippen LogP contribution in [0, 0.1) is 0 Å². The van der Waals surface area contributed by atoms with Crippen LogP contribution in [0.2, 0.25) is 0 Å². The van der Waals surface area contributed by atoms with Gasteiger partial charge < -0.3 is 5.11 Å². The van der Waals surface area contributed by atoms with Gasteiger partial charge in [0.25, 0.3) is 0 Å². The first-order valence-corrected chi connectivity index (χ1v) is 6.55. The maximum absolute atomic E-state index is 11.1. The third-order valence-corrected chi connectivity index (χ3v) is 3.66. The summed E-state index contributed by atoms with van der Waals surface area (Å²) in [7, 11) is 0. The zero-order valence-corrected chi connectivity index (χ0v) is 10.9.